The Morgan fingerprint density at radius 3 is 2.18 bits per heavy atom. The van der Waals surface area contributed by atoms with Crippen LogP contribution in [-0.4, -0.2) is 38.3 Å². The summed E-state index contributed by atoms with van der Waals surface area (Å²) in [5.74, 6) is -0.0738. The van der Waals surface area contributed by atoms with Gasteiger partial charge in [0.1, 0.15) is 0 Å². The van der Waals surface area contributed by atoms with Gasteiger partial charge in [0.25, 0.3) is 0 Å². The van der Waals surface area contributed by atoms with E-state index in [1.54, 1.807) is 11.0 Å². The Labute approximate surface area is 167 Å². The molecule has 0 aromatic heterocycles. The molecular weight excluding hydrogens is 372 g/mol. The zero-order valence-electron chi connectivity index (χ0n) is 16.1. The van der Waals surface area contributed by atoms with Crippen LogP contribution in [0.2, 0.25) is 0 Å². The summed E-state index contributed by atoms with van der Waals surface area (Å²) in [6.07, 6.45) is 2.70. The standard InChI is InChI=1S/C22H26N2O3S/c1-2-24(21-11-7-4-8-12-21)22(25)20-13-16-23(17-14-20)28(26,27)18-15-19-9-5-3-6-10-19/h3-12,15,18,20H,2,13-14,16-17H2,1H3/b18-15+. The van der Waals surface area contributed by atoms with Gasteiger partial charge in [-0.25, -0.2) is 8.42 Å². The fourth-order valence-electron chi connectivity index (χ4n) is 3.47. The smallest absolute Gasteiger partial charge is 0.236 e. The number of nitrogens with zero attached hydrogens (tertiary/aromatic N) is 2. The molecule has 1 aliphatic heterocycles. The average molecular weight is 399 g/mol. The number of piperidine rings is 1. The fourth-order valence-corrected chi connectivity index (χ4v) is 4.69. The Kier molecular flexibility index (Phi) is 6.65. The van der Waals surface area contributed by atoms with Crippen LogP contribution in [0, 0.1) is 5.92 Å². The maximum absolute atomic E-state index is 12.9. The Hall–Kier alpha value is -2.44. The van der Waals surface area contributed by atoms with Crippen LogP contribution in [-0.2, 0) is 14.8 Å². The van der Waals surface area contributed by atoms with Gasteiger partial charge in [0, 0.05) is 36.6 Å². The summed E-state index contributed by atoms with van der Waals surface area (Å²) < 4.78 is 26.6. The molecule has 2 aromatic rings. The molecule has 1 amide bonds. The van der Waals surface area contributed by atoms with Gasteiger partial charge in [-0.1, -0.05) is 48.5 Å². The van der Waals surface area contributed by atoms with Gasteiger partial charge in [0.15, 0.2) is 0 Å². The van der Waals surface area contributed by atoms with Gasteiger partial charge >= 0.3 is 0 Å². The zero-order valence-corrected chi connectivity index (χ0v) is 16.9. The van der Waals surface area contributed by atoms with Crippen LogP contribution in [0.15, 0.2) is 66.1 Å². The van der Waals surface area contributed by atoms with Gasteiger partial charge < -0.3 is 4.90 Å². The van der Waals surface area contributed by atoms with Crippen LogP contribution in [0.25, 0.3) is 6.08 Å². The van der Waals surface area contributed by atoms with Crippen LogP contribution < -0.4 is 4.90 Å². The van der Waals surface area contributed by atoms with Crippen molar-refractivity contribution >= 4 is 27.7 Å². The Morgan fingerprint density at radius 2 is 1.61 bits per heavy atom. The first kappa shape index (κ1) is 20.3. The summed E-state index contributed by atoms with van der Waals surface area (Å²) in [7, 11) is -3.48. The average Bonchev–Trinajstić information content (AvgIpc) is 2.74. The highest BCUT2D eigenvalue weighted by molar-refractivity contribution is 7.92. The zero-order chi connectivity index (χ0) is 20.0. The normalized spacial score (nSPS) is 16.3. The molecule has 2 aromatic carbocycles. The minimum Gasteiger partial charge on any atom is -0.312 e. The van der Waals surface area contributed by atoms with Gasteiger partial charge in [0.2, 0.25) is 15.9 Å². The van der Waals surface area contributed by atoms with Crippen LogP contribution in [0.3, 0.4) is 0 Å². The second-order valence-corrected chi connectivity index (χ2v) is 8.67. The van der Waals surface area contributed by atoms with Crippen molar-refractivity contribution in [1.82, 2.24) is 4.31 Å². The Balaban J connectivity index is 1.62. The molecule has 1 heterocycles. The van der Waals surface area contributed by atoms with Crippen molar-refractivity contribution in [2.24, 2.45) is 5.92 Å². The lowest BCUT2D eigenvalue weighted by Gasteiger charge is -2.32. The molecule has 1 saturated heterocycles. The van der Waals surface area contributed by atoms with Crippen LogP contribution >= 0.6 is 0 Å². The van der Waals surface area contributed by atoms with E-state index in [0.29, 0.717) is 32.5 Å². The minimum atomic E-state index is -3.48. The first-order valence-corrected chi connectivity index (χ1v) is 11.1. The molecule has 0 aliphatic carbocycles. The number of rotatable bonds is 6. The Bertz CT molecular complexity index is 903. The van der Waals surface area contributed by atoms with E-state index in [1.807, 2.05) is 67.6 Å². The molecule has 0 saturated carbocycles. The predicted octanol–water partition coefficient (Wildman–Crippen LogP) is 3.75. The van der Waals surface area contributed by atoms with Crippen molar-refractivity contribution in [3.05, 3.63) is 71.6 Å². The quantitative estimate of drug-likeness (QED) is 0.745. The number of carbonyl (C=O) groups excluding carboxylic acids is 1. The number of hydrogen-bond donors (Lipinski definition) is 0. The Morgan fingerprint density at radius 1 is 1.04 bits per heavy atom. The van der Waals surface area contributed by atoms with Gasteiger partial charge in [-0.15, -0.1) is 0 Å². The van der Waals surface area contributed by atoms with Crippen molar-refractivity contribution < 1.29 is 13.2 Å². The highest BCUT2D eigenvalue weighted by atomic mass is 32.2. The lowest BCUT2D eigenvalue weighted by Crippen LogP contribution is -2.44. The number of para-hydroxylation sites is 1. The predicted molar refractivity (Wildman–Crippen MR) is 113 cm³/mol. The highest BCUT2D eigenvalue weighted by Gasteiger charge is 2.32. The maximum atomic E-state index is 12.9. The van der Waals surface area contributed by atoms with Crippen molar-refractivity contribution in [3.8, 4) is 0 Å². The first-order valence-electron chi connectivity index (χ1n) is 9.61. The molecule has 6 heteroatoms. The topological polar surface area (TPSA) is 57.7 Å². The molecule has 28 heavy (non-hydrogen) atoms. The number of benzene rings is 2. The van der Waals surface area contributed by atoms with Gasteiger partial charge in [-0.3, -0.25) is 4.79 Å². The number of anilines is 1. The third kappa shape index (κ3) is 4.88. The molecule has 1 fully saturated rings. The van der Waals surface area contributed by atoms with E-state index < -0.39 is 10.0 Å². The largest absolute Gasteiger partial charge is 0.312 e. The molecule has 0 spiro atoms. The van der Waals surface area contributed by atoms with Crippen molar-refractivity contribution in [2.45, 2.75) is 19.8 Å². The number of amides is 1. The maximum Gasteiger partial charge on any atom is 0.236 e. The molecule has 1 aliphatic rings. The molecular formula is C22H26N2O3S. The van der Waals surface area contributed by atoms with Crippen molar-refractivity contribution in [1.29, 1.82) is 0 Å². The van der Waals surface area contributed by atoms with Crippen LogP contribution in [0.1, 0.15) is 25.3 Å². The molecule has 0 radical (unpaired) electrons. The third-order valence-electron chi connectivity index (χ3n) is 5.05. The van der Waals surface area contributed by atoms with Crippen molar-refractivity contribution in [2.75, 3.05) is 24.5 Å². The first-order chi connectivity index (χ1) is 13.5. The van der Waals surface area contributed by atoms with E-state index in [1.165, 1.54) is 9.71 Å². The summed E-state index contributed by atoms with van der Waals surface area (Å²) >= 11 is 0. The van der Waals surface area contributed by atoms with E-state index in [4.69, 9.17) is 0 Å². The van der Waals surface area contributed by atoms with E-state index in [2.05, 4.69) is 0 Å². The summed E-state index contributed by atoms with van der Waals surface area (Å²) in [6.45, 7) is 3.29. The molecule has 3 rings (SSSR count). The number of hydrogen-bond acceptors (Lipinski definition) is 3. The molecule has 5 nitrogen and oxygen atoms in total. The van der Waals surface area contributed by atoms with E-state index in [9.17, 15) is 13.2 Å². The summed E-state index contributed by atoms with van der Waals surface area (Å²) in [5.41, 5.74) is 1.73. The summed E-state index contributed by atoms with van der Waals surface area (Å²) in [5, 5.41) is 1.26. The van der Waals surface area contributed by atoms with Gasteiger partial charge in [-0.05, 0) is 43.5 Å². The molecule has 0 atom stereocenters. The SMILES string of the molecule is CCN(C(=O)C1CCN(S(=O)(=O)/C=C/c2ccccc2)CC1)c1ccccc1. The van der Waals surface area contributed by atoms with Crippen LogP contribution in [0.4, 0.5) is 5.69 Å². The van der Waals surface area contributed by atoms with Gasteiger partial charge in [-0.2, -0.15) is 4.31 Å². The summed E-state index contributed by atoms with van der Waals surface area (Å²) in [6, 6.07) is 19.0. The van der Waals surface area contributed by atoms with E-state index >= 15 is 0 Å². The molecule has 0 unspecified atom stereocenters. The summed E-state index contributed by atoms with van der Waals surface area (Å²) in [4.78, 5) is 14.7. The van der Waals surface area contributed by atoms with E-state index in [0.717, 1.165) is 11.3 Å². The van der Waals surface area contributed by atoms with Crippen LogP contribution in [0.5, 0.6) is 0 Å². The highest BCUT2D eigenvalue weighted by Crippen LogP contribution is 2.25. The minimum absolute atomic E-state index is 0.0746. The van der Waals surface area contributed by atoms with E-state index in [-0.39, 0.29) is 11.8 Å². The third-order valence-corrected chi connectivity index (χ3v) is 6.61. The van der Waals surface area contributed by atoms with Crippen molar-refractivity contribution in [3.63, 3.8) is 0 Å². The number of carbonyl (C=O) groups is 1. The lowest BCUT2D eigenvalue weighted by atomic mass is 9.96. The lowest BCUT2D eigenvalue weighted by molar-refractivity contribution is -0.123. The molecule has 0 bridgehead atoms. The second kappa shape index (κ2) is 9.17. The fraction of sp³-hybridized carbons (Fsp3) is 0.318. The second-order valence-electron chi connectivity index (χ2n) is 6.85. The molecule has 148 valence electrons. The number of sulfonamides is 1. The molecule has 0 N–H and O–H groups in total. The monoisotopic (exact) mass is 398 g/mol. The van der Waals surface area contributed by atoms with Gasteiger partial charge in [0.05, 0.1) is 0 Å².